The summed E-state index contributed by atoms with van der Waals surface area (Å²) in [6.45, 7) is 6.08. The van der Waals surface area contributed by atoms with Gasteiger partial charge >= 0.3 is 0 Å². The van der Waals surface area contributed by atoms with Gasteiger partial charge in [-0.3, -0.25) is 4.79 Å². The number of nitrogens with one attached hydrogen (secondary N) is 1. The van der Waals surface area contributed by atoms with E-state index in [2.05, 4.69) is 31.2 Å². The highest BCUT2D eigenvalue weighted by Gasteiger charge is 2.37. The first-order valence-electron chi connectivity index (χ1n) is 9.26. The van der Waals surface area contributed by atoms with Crippen molar-refractivity contribution in [2.24, 2.45) is 0 Å². The van der Waals surface area contributed by atoms with Gasteiger partial charge in [0.15, 0.2) is 11.9 Å². The average molecular weight is 338 g/mol. The van der Waals surface area contributed by atoms with Crippen molar-refractivity contribution >= 4 is 5.78 Å². The van der Waals surface area contributed by atoms with Gasteiger partial charge < -0.3 is 10.0 Å². The highest BCUT2D eigenvalue weighted by atomic mass is 16.3. The molecule has 2 atom stereocenters. The van der Waals surface area contributed by atoms with Gasteiger partial charge in [0.2, 0.25) is 0 Å². The van der Waals surface area contributed by atoms with Crippen molar-refractivity contribution < 1.29 is 14.8 Å². The van der Waals surface area contributed by atoms with Crippen molar-refractivity contribution in [3.8, 4) is 0 Å². The number of aryl methyl sites for hydroxylation is 2. The van der Waals surface area contributed by atoms with E-state index in [-0.39, 0.29) is 11.8 Å². The monoisotopic (exact) mass is 338 g/mol. The van der Waals surface area contributed by atoms with Crippen LogP contribution in [0, 0.1) is 13.8 Å². The van der Waals surface area contributed by atoms with Crippen molar-refractivity contribution in [1.29, 1.82) is 0 Å². The van der Waals surface area contributed by atoms with Crippen molar-refractivity contribution in [3.63, 3.8) is 0 Å². The number of carbonyl (C=O) groups is 1. The first kappa shape index (κ1) is 17.8. The minimum atomic E-state index is -1.02. The predicted molar refractivity (Wildman–Crippen MR) is 100.0 cm³/mol. The maximum Gasteiger partial charge on any atom is 0.197 e. The molecular weight excluding hydrogens is 310 g/mol. The van der Waals surface area contributed by atoms with Crippen LogP contribution in [-0.4, -0.2) is 30.1 Å². The summed E-state index contributed by atoms with van der Waals surface area (Å²) >= 11 is 0. The maximum atomic E-state index is 12.9. The number of Topliss-reactive ketones (excluding diaryl/α,β-unsaturated/α-hetero) is 1. The van der Waals surface area contributed by atoms with E-state index in [0.717, 1.165) is 37.1 Å². The molecule has 0 bridgehead atoms. The maximum absolute atomic E-state index is 12.9. The lowest BCUT2D eigenvalue weighted by atomic mass is 9.91. The van der Waals surface area contributed by atoms with E-state index in [0.29, 0.717) is 5.56 Å². The molecule has 1 aliphatic rings. The number of likely N-dealkylation sites (tertiary alicyclic amines) is 1. The molecule has 3 nitrogen and oxygen atoms in total. The molecule has 3 rings (SSSR count). The number of rotatable bonds is 5. The van der Waals surface area contributed by atoms with Crippen LogP contribution in [-0.2, 0) is 0 Å². The molecule has 0 spiro atoms. The van der Waals surface area contributed by atoms with Gasteiger partial charge in [0, 0.05) is 11.1 Å². The normalized spacial score (nSPS) is 17.9. The molecule has 2 aromatic rings. The number of aliphatic hydroxyl groups excluding tert-OH is 1. The number of aliphatic hydroxyl groups is 1. The fraction of sp³-hybridized carbons (Fsp3) is 0.409. The molecule has 25 heavy (non-hydrogen) atoms. The van der Waals surface area contributed by atoms with E-state index in [1.165, 1.54) is 16.9 Å². The quantitative estimate of drug-likeness (QED) is 0.823. The summed E-state index contributed by atoms with van der Waals surface area (Å²) < 4.78 is 0. The third-order valence-electron chi connectivity index (χ3n) is 5.29. The smallest absolute Gasteiger partial charge is 0.197 e. The SMILES string of the molecule is Cc1ccc(C(=O)[C@H](O)[C@H](c2ccc(C)cc2)[NH+]2CCCCC2)cc1. The van der Waals surface area contributed by atoms with Gasteiger partial charge in [-0.1, -0.05) is 59.7 Å². The average Bonchev–Trinajstić information content (AvgIpc) is 2.64. The molecule has 1 fully saturated rings. The molecule has 0 aliphatic carbocycles. The molecule has 0 saturated carbocycles. The lowest BCUT2D eigenvalue weighted by Gasteiger charge is -2.34. The second kappa shape index (κ2) is 7.94. The highest BCUT2D eigenvalue weighted by molar-refractivity contribution is 5.99. The summed E-state index contributed by atoms with van der Waals surface area (Å²) in [4.78, 5) is 14.2. The van der Waals surface area contributed by atoms with Crippen molar-refractivity contribution in [2.45, 2.75) is 45.3 Å². The number of hydrogen-bond acceptors (Lipinski definition) is 2. The molecule has 1 aliphatic heterocycles. The lowest BCUT2D eigenvalue weighted by molar-refractivity contribution is -0.938. The standard InChI is InChI=1S/C22H27NO2/c1-16-6-10-18(11-7-16)20(23-14-4-3-5-15-23)22(25)21(24)19-12-8-17(2)9-13-19/h6-13,20,22,25H,3-5,14-15H2,1-2H3/p+1/t20-,22+/m0/s1. The Labute approximate surface area is 150 Å². The number of piperidine rings is 1. The van der Waals surface area contributed by atoms with E-state index < -0.39 is 6.10 Å². The molecule has 0 amide bonds. The van der Waals surface area contributed by atoms with Gasteiger partial charge in [-0.2, -0.15) is 0 Å². The van der Waals surface area contributed by atoms with Crippen LogP contribution in [0.5, 0.6) is 0 Å². The number of hydrogen-bond donors (Lipinski definition) is 2. The second-order valence-corrected chi connectivity index (χ2v) is 7.28. The number of ketones is 1. The summed E-state index contributed by atoms with van der Waals surface area (Å²) in [6, 6.07) is 15.5. The van der Waals surface area contributed by atoms with Crippen LogP contribution in [0.2, 0.25) is 0 Å². The predicted octanol–water partition coefficient (Wildman–Crippen LogP) is 2.66. The topological polar surface area (TPSA) is 41.7 Å². The van der Waals surface area contributed by atoms with Gasteiger partial charge in [0.05, 0.1) is 13.1 Å². The second-order valence-electron chi connectivity index (χ2n) is 7.28. The highest BCUT2D eigenvalue weighted by Crippen LogP contribution is 2.20. The van der Waals surface area contributed by atoms with E-state index in [1.54, 1.807) is 0 Å². The summed E-state index contributed by atoms with van der Waals surface area (Å²) in [5, 5.41) is 11.0. The zero-order valence-corrected chi connectivity index (χ0v) is 15.2. The molecule has 2 aromatic carbocycles. The lowest BCUT2D eigenvalue weighted by Crippen LogP contribution is -3.14. The van der Waals surface area contributed by atoms with Gasteiger partial charge in [0.25, 0.3) is 0 Å². The first-order chi connectivity index (χ1) is 12.1. The van der Waals surface area contributed by atoms with Crippen LogP contribution in [0.3, 0.4) is 0 Å². The van der Waals surface area contributed by atoms with Crippen LogP contribution in [0.25, 0.3) is 0 Å². The summed E-state index contributed by atoms with van der Waals surface area (Å²) in [5.74, 6) is -0.177. The third-order valence-corrected chi connectivity index (χ3v) is 5.29. The van der Waals surface area contributed by atoms with Crippen LogP contribution in [0.4, 0.5) is 0 Å². The minimum absolute atomic E-state index is 0.177. The van der Waals surface area contributed by atoms with E-state index in [9.17, 15) is 9.90 Å². The van der Waals surface area contributed by atoms with E-state index in [1.807, 2.05) is 31.2 Å². The molecule has 1 saturated heterocycles. The van der Waals surface area contributed by atoms with Crippen LogP contribution < -0.4 is 4.90 Å². The first-order valence-corrected chi connectivity index (χ1v) is 9.26. The minimum Gasteiger partial charge on any atom is -0.379 e. The number of benzene rings is 2. The largest absolute Gasteiger partial charge is 0.379 e. The Morgan fingerprint density at radius 1 is 0.880 bits per heavy atom. The van der Waals surface area contributed by atoms with E-state index in [4.69, 9.17) is 0 Å². The molecule has 1 heterocycles. The van der Waals surface area contributed by atoms with Crippen molar-refractivity contribution in [3.05, 3.63) is 70.8 Å². The van der Waals surface area contributed by atoms with Gasteiger partial charge in [-0.15, -0.1) is 0 Å². The molecule has 132 valence electrons. The van der Waals surface area contributed by atoms with Crippen LogP contribution >= 0.6 is 0 Å². The van der Waals surface area contributed by atoms with Gasteiger partial charge in [-0.05, 0) is 33.1 Å². The number of carbonyl (C=O) groups excluding carboxylic acids is 1. The van der Waals surface area contributed by atoms with Gasteiger partial charge in [-0.25, -0.2) is 0 Å². The summed E-state index contributed by atoms with van der Waals surface area (Å²) in [6.07, 6.45) is 2.54. The molecule has 2 N–H and O–H groups in total. The third kappa shape index (κ3) is 4.17. The molecule has 0 radical (unpaired) electrons. The van der Waals surface area contributed by atoms with Crippen LogP contribution in [0.1, 0.15) is 52.4 Å². The Morgan fingerprint density at radius 2 is 1.40 bits per heavy atom. The fourth-order valence-corrected chi connectivity index (χ4v) is 3.77. The molecule has 3 heteroatoms. The Bertz CT molecular complexity index is 700. The van der Waals surface area contributed by atoms with Gasteiger partial charge in [0.1, 0.15) is 6.04 Å². The zero-order chi connectivity index (χ0) is 17.8. The zero-order valence-electron chi connectivity index (χ0n) is 15.2. The Kier molecular flexibility index (Phi) is 5.67. The van der Waals surface area contributed by atoms with Crippen molar-refractivity contribution in [2.75, 3.05) is 13.1 Å². The Morgan fingerprint density at radius 3 is 1.96 bits per heavy atom. The van der Waals surface area contributed by atoms with Crippen LogP contribution in [0.15, 0.2) is 48.5 Å². The summed E-state index contributed by atoms with van der Waals surface area (Å²) in [7, 11) is 0. The molecule has 0 aromatic heterocycles. The molecular formula is C22H28NO2+. The van der Waals surface area contributed by atoms with E-state index >= 15 is 0 Å². The Balaban J connectivity index is 1.90. The van der Waals surface area contributed by atoms with Crippen molar-refractivity contribution in [1.82, 2.24) is 0 Å². The molecule has 0 unspecified atom stereocenters. The number of quaternary nitrogens is 1. The fourth-order valence-electron chi connectivity index (χ4n) is 3.77. The summed E-state index contributed by atoms with van der Waals surface area (Å²) in [5.41, 5.74) is 3.94. The Hall–Kier alpha value is -1.97.